The molecule has 3 aromatic rings. The van der Waals surface area contributed by atoms with Crippen LogP contribution in [0.1, 0.15) is 51.5 Å². The molecule has 3 aromatic heterocycles. The third kappa shape index (κ3) is 3.37. The van der Waals surface area contributed by atoms with Crippen molar-refractivity contribution in [1.82, 2.24) is 15.0 Å². The highest BCUT2D eigenvalue weighted by atomic mass is 32.1. The Kier molecular flexibility index (Phi) is 5.07. The zero-order valence-electron chi connectivity index (χ0n) is 15.2. The van der Waals surface area contributed by atoms with Crippen molar-refractivity contribution in [3.63, 3.8) is 0 Å². The molecular weight excluding hydrogens is 392 g/mol. The largest absolute Gasteiger partial charge is 0.396 e. The molecule has 0 bridgehead atoms. The SMILES string of the molecule is Cc1nc(-c2cnccn2)sc1C(=O)c1sc(NC2CCCC2)c(C#N)c1N. The van der Waals surface area contributed by atoms with E-state index in [1.54, 1.807) is 25.5 Å². The Bertz CT molecular complexity index is 1060. The van der Waals surface area contributed by atoms with Gasteiger partial charge in [-0.1, -0.05) is 12.8 Å². The van der Waals surface area contributed by atoms with Crippen molar-refractivity contribution in [3.05, 3.63) is 39.6 Å². The van der Waals surface area contributed by atoms with Gasteiger partial charge in [0, 0.05) is 18.4 Å². The second-order valence-corrected chi connectivity index (χ2v) is 8.66. The van der Waals surface area contributed by atoms with Gasteiger partial charge in [-0.2, -0.15) is 5.26 Å². The summed E-state index contributed by atoms with van der Waals surface area (Å²) >= 11 is 2.52. The Morgan fingerprint density at radius 3 is 2.75 bits per heavy atom. The quantitative estimate of drug-likeness (QED) is 0.610. The number of thiazole rings is 1. The van der Waals surface area contributed by atoms with Gasteiger partial charge in [-0.05, 0) is 19.8 Å². The molecular formula is C19H18N6OS2. The Morgan fingerprint density at radius 2 is 2.07 bits per heavy atom. The van der Waals surface area contributed by atoms with Crippen LogP contribution in [0.15, 0.2) is 18.6 Å². The number of carbonyl (C=O) groups excluding carboxylic acids is 1. The van der Waals surface area contributed by atoms with E-state index in [4.69, 9.17) is 5.73 Å². The summed E-state index contributed by atoms with van der Waals surface area (Å²) in [6.07, 6.45) is 9.29. The van der Waals surface area contributed by atoms with Gasteiger partial charge in [0.05, 0.1) is 22.5 Å². The maximum Gasteiger partial charge on any atom is 0.217 e. The first-order chi connectivity index (χ1) is 13.6. The van der Waals surface area contributed by atoms with Crippen LogP contribution in [-0.4, -0.2) is 26.8 Å². The monoisotopic (exact) mass is 410 g/mol. The number of aryl methyl sites for hydroxylation is 1. The summed E-state index contributed by atoms with van der Waals surface area (Å²) in [7, 11) is 0. The summed E-state index contributed by atoms with van der Waals surface area (Å²) in [6, 6.07) is 2.49. The van der Waals surface area contributed by atoms with Gasteiger partial charge in [-0.3, -0.25) is 14.8 Å². The zero-order chi connectivity index (χ0) is 19.7. The predicted molar refractivity (Wildman–Crippen MR) is 111 cm³/mol. The molecule has 1 fully saturated rings. The number of nitriles is 1. The molecule has 0 aliphatic heterocycles. The number of carbonyl (C=O) groups is 1. The maximum absolute atomic E-state index is 13.2. The van der Waals surface area contributed by atoms with Crippen LogP contribution in [-0.2, 0) is 0 Å². The standard InChI is InChI=1S/C19H18N6OS2/c1-10-16(27-19(24-10)13-9-22-6-7-23-13)15(26)17-14(21)12(8-20)18(28-17)25-11-4-2-3-5-11/h6-7,9,11,25H,2-5,21H2,1H3. The summed E-state index contributed by atoms with van der Waals surface area (Å²) in [4.78, 5) is 26.8. The highest BCUT2D eigenvalue weighted by Crippen LogP contribution is 2.39. The number of ketones is 1. The number of nitrogen functional groups attached to an aromatic ring is 1. The molecule has 0 unspecified atom stereocenters. The molecule has 7 nitrogen and oxygen atoms in total. The van der Waals surface area contributed by atoms with Crippen LogP contribution in [0.2, 0.25) is 0 Å². The number of nitrogens with one attached hydrogen (secondary N) is 1. The summed E-state index contributed by atoms with van der Waals surface area (Å²) in [6.45, 7) is 1.79. The number of anilines is 2. The van der Waals surface area contributed by atoms with Crippen molar-refractivity contribution >= 4 is 39.1 Å². The van der Waals surface area contributed by atoms with Gasteiger partial charge in [0.2, 0.25) is 5.78 Å². The molecule has 28 heavy (non-hydrogen) atoms. The molecule has 0 atom stereocenters. The second-order valence-electron chi connectivity index (χ2n) is 6.64. The minimum atomic E-state index is -0.205. The van der Waals surface area contributed by atoms with E-state index in [0.717, 1.165) is 12.8 Å². The van der Waals surface area contributed by atoms with Crippen LogP contribution < -0.4 is 11.1 Å². The molecule has 0 saturated heterocycles. The second kappa shape index (κ2) is 7.66. The normalized spacial score (nSPS) is 14.1. The Hall–Kier alpha value is -2.83. The molecule has 1 aliphatic rings. The van der Waals surface area contributed by atoms with Gasteiger partial charge in [0.15, 0.2) is 0 Å². The third-order valence-corrected chi connectivity index (χ3v) is 7.05. The van der Waals surface area contributed by atoms with Crippen molar-refractivity contribution < 1.29 is 4.79 Å². The summed E-state index contributed by atoms with van der Waals surface area (Å²) in [5.41, 5.74) is 8.02. The Labute approximate surface area is 170 Å². The van der Waals surface area contributed by atoms with Gasteiger partial charge in [-0.25, -0.2) is 4.98 Å². The van der Waals surface area contributed by atoms with Gasteiger partial charge >= 0.3 is 0 Å². The molecule has 0 spiro atoms. The van der Waals surface area contributed by atoms with Crippen LogP contribution in [0.4, 0.5) is 10.7 Å². The van der Waals surface area contributed by atoms with E-state index in [9.17, 15) is 10.1 Å². The molecule has 3 N–H and O–H groups in total. The number of hydrogen-bond donors (Lipinski definition) is 2. The van der Waals surface area contributed by atoms with Crippen LogP contribution >= 0.6 is 22.7 Å². The number of thiophene rings is 1. The molecule has 0 radical (unpaired) electrons. The van der Waals surface area contributed by atoms with Crippen LogP contribution in [0.25, 0.3) is 10.7 Å². The van der Waals surface area contributed by atoms with Crippen molar-refractivity contribution in [3.8, 4) is 16.8 Å². The maximum atomic E-state index is 13.2. The number of rotatable bonds is 5. The van der Waals surface area contributed by atoms with E-state index in [0.29, 0.717) is 42.8 Å². The lowest BCUT2D eigenvalue weighted by molar-refractivity contribution is 0.104. The Balaban J connectivity index is 1.68. The van der Waals surface area contributed by atoms with Crippen LogP contribution in [0.3, 0.4) is 0 Å². The number of hydrogen-bond acceptors (Lipinski definition) is 9. The van der Waals surface area contributed by atoms with Crippen molar-refractivity contribution in [2.45, 2.75) is 38.6 Å². The lowest BCUT2D eigenvalue weighted by Gasteiger charge is -2.11. The van der Waals surface area contributed by atoms with E-state index in [2.05, 4.69) is 26.3 Å². The molecule has 4 rings (SSSR count). The molecule has 9 heteroatoms. The van der Waals surface area contributed by atoms with Crippen molar-refractivity contribution in [1.29, 1.82) is 5.26 Å². The van der Waals surface area contributed by atoms with E-state index in [-0.39, 0.29) is 11.5 Å². The summed E-state index contributed by atoms with van der Waals surface area (Å²) in [5, 5.41) is 14.3. The first kappa shape index (κ1) is 18.5. The average Bonchev–Trinajstić information content (AvgIpc) is 3.42. The van der Waals surface area contributed by atoms with Gasteiger partial charge in [0.1, 0.15) is 32.2 Å². The smallest absolute Gasteiger partial charge is 0.217 e. The van der Waals surface area contributed by atoms with E-state index >= 15 is 0 Å². The highest BCUT2D eigenvalue weighted by molar-refractivity contribution is 7.21. The third-order valence-electron chi connectivity index (χ3n) is 4.74. The number of aromatic nitrogens is 3. The molecule has 1 saturated carbocycles. The van der Waals surface area contributed by atoms with E-state index in [1.165, 1.54) is 35.5 Å². The minimum absolute atomic E-state index is 0.205. The fourth-order valence-corrected chi connectivity index (χ4v) is 5.44. The Morgan fingerprint density at radius 1 is 1.29 bits per heavy atom. The number of nitrogens with zero attached hydrogens (tertiary/aromatic N) is 4. The molecule has 0 amide bonds. The number of nitrogens with two attached hydrogens (primary N) is 1. The van der Waals surface area contributed by atoms with E-state index < -0.39 is 0 Å². The predicted octanol–water partition coefficient (Wildman–Crippen LogP) is 4.01. The average molecular weight is 411 g/mol. The first-order valence-corrected chi connectivity index (χ1v) is 10.6. The van der Waals surface area contributed by atoms with Gasteiger partial charge in [0.25, 0.3) is 0 Å². The van der Waals surface area contributed by atoms with Gasteiger partial charge < -0.3 is 11.1 Å². The lowest BCUT2D eigenvalue weighted by atomic mass is 10.1. The zero-order valence-corrected chi connectivity index (χ0v) is 16.9. The lowest BCUT2D eigenvalue weighted by Crippen LogP contribution is -2.14. The topological polar surface area (TPSA) is 118 Å². The van der Waals surface area contributed by atoms with E-state index in [1.807, 2.05) is 0 Å². The van der Waals surface area contributed by atoms with Crippen LogP contribution in [0.5, 0.6) is 0 Å². The first-order valence-electron chi connectivity index (χ1n) is 8.96. The van der Waals surface area contributed by atoms with Crippen LogP contribution in [0, 0.1) is 18.3 Å². The minimum Gasteiger partial charge on any atom is -0.396 e. The molecule has 3 heterocycles. The highest BCUT2D eigenvalue weighted by Gasteiger charge is 2.27. The molecule has 0 aromatic carbocycles. The van der Waals surface area contributed by atoms with Crippen molar-refractivity contribution in [2.24, 2.45) is 0 Å². The fraction of sp³-hybridized carbons (Fsp3) is 0.316. The molecule has 1 aliphatic carbocycles. The van der Waals surface area contributed by atoms with Gasteiger partial charge in [-0.15, -0.1) is 22.7 Å². The molecule has 142 valence electrons. The van der Waals surface area contributed by atoms with Crippen molar-refractivity contribution in [2.75, 3.05) is 11.1 Å². The fourth-order valence-electron chi connectivity index (χ4n) is 3.31. The summed E-state index contributed by atoms with van der Waals surface area (Å²) in [5.74, 6) is -0.205. The summed E-state index contributed by atoms with van der Waals surface area (Å²) < 4.78 is 0.